The van der Waals surface area contributed by atoms with Gasteiger partial charge in [0.1, 0.15) is 0 Å². The van der Waals surface area contributed by atoms with E-state index in [9.17, 15) is 14.7 Å². The number of nitrogens with zero attached hydrogens (tertiary/aromatic N) is 1. The molecule has 3 aromatic rings. The Balaban J connectivity index is 2.28. The van der Waals surface area contributed by atoms with Crippen molar-refractivity contribution < 1.29 is 19.4 Å². The van der Waals surface area contributed by atoms with Crippen molar-refractivity contribution in [2.75, 3.05) is 7.11 Å². The summed E-state index contributed by atoms with van der Waals surface area (Å²) < 4.78 is 6.48. The first-order valence-corrected chi connectivity index (χ1v) is 6.64. The summed E-state index contributed by atoms with van der Waals surface area (Å²) >= 11 is 0. The van der Waals surface area contributed by atoms with Crippen molar-refractivity contribution in [1.82, 2.24) is 4.57 Å². The molecule has 3 rings (SSSR count). The number of benzene rings is 2. The maximum atomic E-state index is 11.6. The summed E-state index contributed by atoms with van der Waals surface area (Å²) in [6.45, 7) is 0. The lowest BCUT2D eigenvalue weighted by atomic mass is 10.1. The molecule has 2 aromatic carbocycles. The van der Waals surface area contributed by atoms with Gasteiger partial charge in [-0.15, -0.1) is 0 Å². The fourth-order valence-corrected chi connectivity index (χ4v) is 2.45. The van der Waals surface area contributed by atoms with Gasteiger partial charge in [-0.1, -0.05) is 18.2 Å². The van der Waals surface area contributed by atoms with E-state index in [2.05, 4.69) is 4.74 Å². The highest BCUT2D eigenvalue weighted by molar-refractivity contribution is 6.06. The molecule has 1 aromatic heterocycles. The normalized spacial score (nSPS) is 10.6. The molecule has 1 heterocycles. The van der Waals surface area contributed by atoms with Crippen LogP contribution < -0.4 is 0 Å². The molecule has 22 heavy (non-hydrogen) atoms. The average Bonchev–Trinajstić information content (AvgIpc) is 2.94. The molecule has 0 atom stereocenters. The fraction of sp³-hybridized carbons (Fsp3) is 0.0588. The summed E-state index contributed by atoms with van der Waals surface area (Å²) in [4.78, 5) is 23.1. The minimum absolute atomic E-state index is 0.143. The van der Waals surface area contributed by atoms with Gasteiger partial charge in [0, 0.05) is 17.3 Å². The molecule has 0 radical (unpaired) electrons. The Morgan fingerprint density at radius 3 is 2.45 bits per heavy atom. The van der Waals surface area contributed by atoms with E-state index in [1.54, 1.807) is 29.0 Å². The minimum atomic E-state index is -1.04. The van der Waals surface area contributed by atoms with Gasteiger partial charge in [-0.05, 0) is 30.3 Å². The SMILES string of the molecule is COC(=O)c1ccc2c(c1)c(C(=O)O)cn2-c1ccccc1. The molecule has 0 aliphatic rings. The number of carbonyl (C=O) groups is 2. The lowest BCUT2D eigenvalue weighted by Gasteiger charge is -2.05. The zero-order valence-corrected chi connectivity index (χ0v) is 11.8. The van der Waals surface area contributed by atoms with Crippen molar-refractivity contribution >= 4 is 22.8 Å². The predicted octanol–water partition coefficient (Wildman–Crippen LogP) is 3.12. The van der Waals surface area contributed by atoms with Crippen LogP contribution in [0, 0.1) is 0 Å². The number of carboxylic acid groups (broad SMARTS) is 1. The van der Waals surface area contributed by atoms with Crippen molar-refractivity contribution in [1.29, 1.82) is 0 Å². The lowest BCUT2D eigenvalue weighted by Crippen LogP contribution is -2.01. The van der Waals surface area contributed by atoms with E-state index in [0.29, 0.717) is 10.9 Å². The van der Waals surface area contributed by atoms with Gasteiger partial charge in [0.05, 0.1) is 23.8 Å². The molecule has 0 bridgehead atoms. The van der Waals surface area contributed by atoms with Gasteiger partial charge in [-0.2, -0.15) is 0 Å². The highest BCUT2D eigenvalue weighted by Crippen LogP contribution is 2.26. The van der Waals surface area contributed by atoms with Crippen LogP contribution in [0.15, 0.2) is 54.7 Å². The summed E-state index contributed by atoms with van der Waals surface area (Å²) in [6.07, 6.45) is 1.56. The third kappa shape index (κ3) is 2.22. The van der Waals surface area contributed by atoms with Crippen LogP contribution in [0.4, 0.5) is 0 Å². The number of aromatic nitrogens is 1. The summed E-state index contributed by atoms with van der Waals surface area (Å²) in [5.41, 5.74) is 2.04. The number of hydrogen-bond acceptors (Lipinski definition) is 3. The van der Waals surface area contributed by atoms with Crippen molar-refractivity contribution in [2.45, 2.75) is 0 Å². The predicted molar refractivity (Wildman–Crippen MR) is 81.6 cm³/mol. The zero-order chi connectivity index (χ0) is 15.7. The Bertz CT molecular complexity index is 865. The molecule has 5 nitrogen and oxygen atoms in total. The van der Waals surface area contributed by atoms with Crippen LogP contribution in [0.1, 0.15) is 20.7 Å². The molecule has 0 fully saturated rings. The summed E-state index contributed by atoms with van der Waals surface area (Å²) in [7, 11) is 1.29. The first-order chi connectivity index (χ1) is 10.6. The molecule has 0 saturated carbocycles. The smallest absolute Gasteiger partial charge is 0.337 e. The fourth-order valence-electron chi connectivity index (χ4n) is 2.45. The van der Waals surface area contributed by atoms with Gasteiger partial charge in [0.15, 0.2) is 0 Å². The maximum absolute atomic E-state index is 11.6. The van der Waals surface area contributed by atoms with Crippen LogP contribution >= 0.6 is 0 Å². The number of carbonyl (C=O) groups excluding carboxylic acids is 1. The second kappa shape index (κ2) is 5.37. The molecule has 0 spiro atoms. The lowest BCUT2D eigenvalue weighted by molar-refractivity contribution is 0.0599. The van der Waals surface area contributed by atoms with E-state index >= 15 is 0 Å². The Labute approximate surface area is 126 Å². The molecular weight excluding hydrogens is 282 g/mol. The van der Waals surface area contributed by atoms with Crippen molar-refractivity contribution in [2.24, 2.45) is 0 Å². The van der Waals surface area contributed by atoms with Crippen LogP contribution in [0.3, 0.4) is 0 Å². The highest BCUT2D eigenvalue weighted by atomic mass is 16.5. The van der Waals surface area contributed by atoms with Crippen LogP contribution in [0.2, 0.25) is 0 Å². The van der Waals surface area contributed by atoms with Gasteiger partial charge in [0.25, 0.3) is 0 Å². The molecule has 0 aliphatic heterocycles. The molecule has 110 valence electrons. The maximum Gasteiger partial charge on any atom is 0.337 e. The second-order valence-corrected chi connectivity index (χ2v) is 4.78. The Kier molecular flexibility index (Phi) is 3.39. The second-order valence-electron chi connectivity index (χ2n) is 4.78. The first kappa shape index (κ1) is 13.9. The quantitative estimate of drug-likeness (QED) is 0.754. The highest BCUT2D eigenvalue weighted by Gasteiger charge is 2.17. The third-order valence-corrected chi connectivity index (χ3v) is 3.49. The summed E-state index contributed by atoms with van der Waals surface area (Å²) in [5, 5.41) is 9.90. The third-order valence-electron chi connectivity index (χ3n) is 3.49. The Morgan fingerprint density at radius 1 is 1.09 bits per heavy atom. The average molecular weight is 295 g/mol. The van der Waals surface area contributed by atoms with Crippen molar-refractivity contribution in [3.63, 3.8) is 0 Å². The zero-order valence-electron chi connectivity index (χ0n) is 11.8. The van der Waals surface area contributed by atoms with Gasteiger partial charge in [-0.3, -0.25) is 0 Å². The van der Waals surface area contributed by atoms with Crippen molar-refractivity contribution in [3.8, 4) is 5.69 Å². The van der Waals surface area contributed by atoms with Gasteiger partial charge in [0.2, 0.25) is 0 Å². The Hall–Kier alpha value is -3.08. The van der Waals surface area contributed by atoms with Gasteiger partial charge in [-0.25, -0.2) is 9.59 Å². The molecule has 0 unspecified atom stereocenters. The Morgan fingerprint density at radius 2 is 1.82 bits per heavy atom. The number of rotatable bonds is 3. The van der Waals surface area contributed by atoms with E-state index in [0.717, 1.165) is 11.2 Å². The van der Waals surface area contributed by atoms with E-state index in [4.69, 9.17) is 0 Å². The number of methoxy groups -OCH3 is 1. The number of hydrogen-bond donors (Lipinski definition) is 1. The number of esters is 1. The van der Waals surface area contributed by atoms with Crippen molar-refractivity contribution in [3.05, 3.63) is 65.9 Å². The van der Waals surface area contributed by atoms with Crippen LogP contribution in [0.5, 0.6) is 0 Å². The molecule has 5 heteroatoms. The number of ether oxygens (including phenoxy) is 1. The van der Waals surface area contributed by atoms with Crippen LogP contribution in [-0.2, 0) is 4.74 Å². The van der Waals surface area contributed by atoms with E-state index < -0.39 is 11.9 Å². The number of para-hydroxylation sites is 1. The molecule has 0 aliphatic carbocycles. The van der Waals surface area contributed by atoms with Gasteiger partial charge < -0.3 is 14.4 Å². The van der Waals surface area contributed by atoms with Gasteiger partial charge >= 0.3 is 11.9 Å². The van der Waals surface area contributed by atoms with Crippen LogP contribution in [-0.4, -0.2) is 28.7 Å². The van der Waals surface area contributed by atoms with E-state index in [-0.39, 0.29) is 5.56 Å². The van der Waals surface area contributed by atoms with E-state index in [1.807, 2.05) is 30.3 Å². The standard InChI is InChI=1S/C17H13NO4/c1-22-17(21)11-7-8-15-13(9-11)14(16(19)20)10-18(15)12-5-3-2-4-6-12/h2-10H,1H3,(H,19,20). The first-order valence-electron chi connectivity index (χ1n) is 6.64. The number of aromatic carboxylic acids is 1. The summed E-state index contributed by atoms with van der Waals surface area (Å²) in [6, 6.07) is 14.3. The van der Waals surface area contributed by atoms with E-state index in [1.165, 1.54) is 7.11 Å². The molecular formula is C17H13NO4. The van der Waals surface area contributed by atoms with Crippen LogP contribution in [0.25, 0.3) is 16.6 Å². The molecule has 0 amide bonds. The molecule has 0 saturated heterocycles. The topological polar surface area (TPSA) is 68.5 Å². The molecule has 1 N–H and O–H groups in total. The summed E-state index contributed by atoms with van der Waals surface area (Å²) in [5.74, 6) is -1.53. The monoisotopic (exact) mass is 295 g/mol. The number of carboxylic acids is 1. The minimum Gasteiger partial charge on any atom is -0.478 e. The largest absolute Gasteiger partial charge is 0.478 e. The number of fused-ring (bicyclic) bond motifs is 1.